The summed E-state index contributed by atoms with van der Waals surface area (Å²) in [5, 5.41) is 4.02. The van der Waals surface area contributed by atoms with Gasteiger partial charge >= 0.3 is 0 Å². The van der Waals surface area contributed by atoms with Crippen LogP contribution in [-0.4, -0.2) is 13.6 Å². The molecule has 0 fully saturated rings. The Hall–Kier alpha value is -2.35. The molecule has 98 valence electrons. The first-order chi connectivity index (χ1) is 9.77. The number of rotatable bonds is 0. The van der Waals surface area contributed by atoms with E-state index in [1.165, 1.54) is 33.1 Å². The Morgan fingerprint density at radius 3 is 2.70 bits per heavy atom. The first-order valence-corrected chi connectivity index (χ1v) is 7.01. The first kappa shape index (κ1) is 11.5. The molecule has 20 heavy (non-hydrogen) atoms. The third-order valence-electron chi connectivity index (χ3n) is 4.17. The Bertz CT molecular complexity index is 862. The Kier molecular flexibility index (Phi) is 2.34. The molecule has 2 nitrogen and oxygen atoms in total. The van der Waals surface area contributed by atoms with Gasteiger partial charge in [-0.05, 0) is 24.6 Å². The van der Waals surface area contributed by atoms with E-state index in [0.29, 0.717) is 0 Å². The monoisotopic (exact) mass is 261 g/mol. The molecule has 2 aromatic carbocycles. The third-order valence-corrected chi connectivity index (χ3v) is 4.17. The summed E-state index contributed by atoms with van der Waals surface area (Å²) in [6.07, 6.45) is 4.41. The minimum atomic E-state index is 0.960. The van der Waals surface area contributed by atoms with Gasteiger partial charge in [-0.2, -0.15) is 4.57 Å². The van der Waals surface area contributed by atoms with Crippen molar-refractivity contribution in [3.8, 4) is 0 Å². The number of pyridine rings is 1. The minimum absolute atomic E-state index is 0.960. The smallest absolute Gasteiger partial charge is 0.260 e. The average molecular weight is 261 g/mol. The molecule has 0 amide bonds. The number of anilines is 1. The molecule has 0 unspecified atom stereocenters. The number of hydrogen-bond donors (Lipinski definition) is 0. The SMILES string of the molecule is Cc1cccc2c1c1[n+](c3ccccc23)C=CCN1C. The van der Waals surface area contributed by atoms with E-state index in [1.54, 1.807) is 0 Å². The molecule has 1 aliphatic heterocycles. The number of fused-ring (bicyclic) bond motifs is 6. The van der Waals surface area contributed by atoms with Crippen molar-refractivity contribution in [2.45, 2.75) is 6.92 Å². The molecule has 0 aliphatic carbocycles. The summed E-state index contributed by atoms with van der Waals surface area (Å²) in [5.74, 6) is 1.29. The van der Waals surface area contributed by atoms with Gasteiger partial charge < -0.3 is 0 Å². The summed E-state index contributed by atoms with van der Waals surface area (Å²) in [6, 6.07) is 15.2. The summed E-state index contributed by atoms with van der Waals surface area (Å²) < 4.78 is 2.31. The van der Waals surface area contributed by atoms with Crippen molar-refractivity contribution < 1.29 is 4.57 Å². The van der Waals surface area contributed by atoms with E-state index >= 15 is 0 Å². The average Bonchev–Trinajstić information content (AvgIpc) is 2.48. The van der Waals surface area contributed by atoms with E-state index in [0.717, 1.165) is 6.54 Å². The van der Waals surface area contributed by atoms with Crippen molar-refractivity contribution in [2.24, 2.45) is 0 Å². The number of para-hydroxylation sites is 1. The summed E-state index contributed by atoms with van der Waals surface area (Å²) in [7, 11) is 2.16. The topological polar surface area (TPSA) is 7.12 Å². The van der Waals surface area contributed by atoms with Crippen LogP contribution in [-0.2, 0) is 0 Å². The van der Waals surface area contributed by atoms with E-state index in [2.05, 4.69) is 78.2 Å². The van der Waals surface area contributed by atoms with Gasteiger partial charge in [0, 0.05) is 10.8 Å². The van der Waals surface area contributed by atoms with Gasteiger partial charge in [-0.1, -0.05) is 36.4 Å². The Morgan fingerprint density at radius 1 is 1.00 bits per heavy atom. The minimum Gasteiger partial charge on any atom is -0.260 e. The van der Waals surface area contributed by atoms with E-state index in [-0.39, 0.29) is 0 Å². The Labute approximate surface area is 118 Å². The molecule has 1 aliphatic rings. The lowest BCUT2D eigenvalue weighted by Crippen LogP contribution is -2.40. The van der Waals surface area contributed by atoms with Crippen LogP contribution >= 0.6 is 0 Å². The molecule has 0 spiro atoms. The van der Waals surface area contributed by atoms with Crippen LogP contribution in [0.5, 0.6) is 0 Å². The molecular weight excluding hydrogens is 244 g/mol. The second-order valence-electron chi connectivity index (χ2n) is 5.47. The zero-order valence-corrected chi connectivity index (χ0v) is 11.8. The molecule has 2 heteroatoms. The highest BCUT2D eigenvalue weighted by atomic mass is 15.2. The summed E-state index contributed by atoms with van der Waals surface area (Å²) in [5.41, 5.74) is 2.60. The third kappa shape index (κ3) is 1.42. The van der Waals surface area contributed by atoms with Crippen LogP contribution in [0.25, 0.3) is 27.9 Å². The number of nitrogens with zero attached hydrogens (tertiary/aromatic N) is 2. The number of hydrogen-bond acceptors (Lipinski definition) is 1. The van der Waals surface area contributed by atoms with Crippen LogP contribution in [0.15, 0.2) is 48.5 Å². The lowest BCUT2D eigenvalue weighted by Gasteiger charge is -2.20. The summed E-state index contributed by atoms with van der Waals surface area (Å²) >= 11 is 0. The lowest BCUT2D eigenvalue weighted by molar-refractivity contribution is -0.525. The second-order valence-corrected chi connectivity index (χ2v) is 5.47. The second kappa shape index (κ2) is 4.07. The quantitative estimate of drug-likeness (QED) is 0.444. The van der Waals surface area contributed by atoms with Crippen LogP contribution in [0, 0.1) is 6.92 Å². The van der Waals surface area contributed by atoms with E-state index in [9.17, 15) is 0 Å². The largest absolute Gasteiger partial charge is 0.290 e. The van der Waals surface area contributed by atoms with Crippen molar-refractivity contribution in [1.82, 2.24) is 0 Å². The summed E-state index contributed by atoms with van der Waals surface area (Å²) in [4.78, 5) is 2.32. The van der Waals surface area contributed by atoms with Crippen LogP contribution in [0.3, 0.4) is 0 Å². The fraction of sp³-hybridized carbons (Fsp3) is 0.167. The fourth-order valence-corrected chi connectivity index (χ4v) is 3.26. The number of likely N-dealkylation sites (N-methyl/N-ethyl adjacent to an activating group) is 1. The highest BCUT2D eigenvalue weighted by molar-refractivity contribution is 6.09. The Balaban J connectivity index is 2.35. The molecule has 0 bridgehead atoms. The van der Waals surface area contributed by atoms with Gasteiger partial charge in [-0.25, -0.2) is 0 Å². The number of aromatic nitrogens is 1. The molecule has 0 N–H and O–H groups in total. The maximum atomic E-state index is 2.32. The number of benzene rings is 2. The van der Waals surface area contributed by atoms with Crippen molar-refractivity contribution >= 4 is 33.7 Å². The molecule has 0 radical (unpaired) electrons. The predicted octanol–water partition coefficient (Wildman–Crippen LogP) is 3.51. The van der Waals surface area contributed by atoms with Crippen molar-refractivity contribution in [2.75, 3.05) is 18.5 Å². The van der Waals surface area contributed by atoms with Gasteiger partial charge in [0.05, 0.1) is 18.6 Å². The van der Waals surface area contributed by atoms with Crippen LogP contribution in [0.4, 0.5) is 5.82 Å². The highest BCUT2D eigenvalue weighted by Gasteiger charge is 2.25. The zero-order valence-electron chi connectivity index (χ0n) is 11.8. The molecule has 1 aromatic heterocycles. The van der Waals surface area contributed by atoms with Crippen LogP contribution < -0.4 is 9.47 Å². The lowest BCUT2D eigenvalue weighted by atomic mass is 10.0. The fourth-order valence-electron chi connectivity index (χ4n) is 3.26. The molecule has 2 heterocycles. The maximum absolute atomic E-state index is 2.32. The molecule has 3 aromatic rings. The van der Waals surface area contributed by atoms with E-state index in [4.69, 9.17) is 0 Å². The molecular formula is C18H17N2+. The van der Waals surface area contributed by atoms with Crippen molar-refractivity contribution in [1.29, 1.82) is 0 Å². The normalized spacial score (nSPS) is 14.0. The van der Waals surface area contributed by atoms with Crippen molar-refractivity contribution in [3.05, 3.63) is 54.1 Å². The highest BCUT2D eigenvalue weighted by Crippen LogP contribution is 2.32. The van der Waals surface area contributed by atoms with Gasteiger partial charge in [-0.3, -0.25) is 4.90 Å². The van der Waals surface area contributed by atoms with Gasteiger partial charge in [0.2, 0.25) is 0 Å². The van der Waals surface area contributed by atoms with E-state index < -0.39 is 0 Å². The molecule has 0 saturated carbocycles. The Morgan fingerprint density at radius 2 is 1.80 bits per heavy atom. The van der Waals surface area contributed by atoms with Gasteiger partial charge in [0.25, 0.3) is 5.82 Å². The standard InChI is InChI=1S/C18H17N2/c1-13-7-5-9-15-14-8-3-4-10-16(14)20-12-6-11-19(2)18(20)17(13)15/h3-10,12H,11H2,1-2H3/q+1. The first-order valence-electron chi connectivity index (χ1n) is 7.01. The molecule has 4 rings (SSSR count). The van der Waals surface area contributed by atoms with Gasteiger partial charge in [0.1, 0.15) is 12.1 Å². The number of aryl methyl sites for hydroxylation is 1. The summed E-state index contributed by atoms with van der Waals surface area (Å²) in [6.45, 7) is 3.16. The van der Waals surface area contributed by atoms with Crippen LogP contribution in [0.1, 0.15) is 5.56 Å². The van der Waals surface area contributed by atoms with Gasteiger partial charge in [0.15, 0.2) is 0 Å². The predicted molar refractivity (Wildman–Crippen MR) is 85.0 cm³/mol. The molecule has 0 saturated heterocycles. The maximum Gasteiger partial charge on any atom is 0.290 e. The molecule has 0 atom stereocenters. The van der Waals surface area contributed by atoms with Crippen molar-refractivity contribution in [3.63, 3.8) is 0 Å². The zero-order chi connectivity index (χ0) is 13.7. The van der Waals surface area contributed by atoms with Gasteiger partial charge in [-0.15, -0.1) is 0 Å². The van der Waals surface area contributed by atoms with E-state index in [1.807, 2.05) is 0 Å². The van der Waals surface area contributed by atoms with Crippen LogP contribution in [0.2, 0.25) is 0 Å².